The number of amides is 1. The van der Waals surface area contributed by atoms with E-state index in [0.717, 1.165) is 31.8 Å². The Kier molecular flexibility index (Phi) is 11.1. The van der Waals surface area contributed by atoms with Gasteiger partial charge in [0, 0.05) is 35.3 Å². The molecule has 142 valence electrons. The maximum absolute atomic E-state index is 11.9. The SMILES string of the molecule is CCNC(=NCc1ccc(CC)s1)NCCC(=O)NC1CCCC1.I. The first-order valence-corrected chi connectivity index (χ1v) is 9.92. The van der Waals surface area contributed by atoms with Crippen LogP contribution in [0.15, 0.2) is 17.1 Å². The first-order chi connectivity index (χ1) is 11.7. The van der Waals surface area contributed by atoms with Crippen molar-refractivity contribution in [3.05, 3.63) is 21.9 Å². The first kappa shape index (κ1) is 22.2. The van der Waals surface area contributed by atoms with Crippen LogP contribution in [0.5, 0.6) is 0 Å². The van der Waals surface area contributed by atoms with Gasteiger partial charge in [-0.3, -0.25) is 4.79 Å². The average Bonchev–Trinajstić information content (AvgIpc) is 3.24. The number of aryl methyl sites for hydroxylation is 1. The van der Waals surface area contributed by atoms with Crippen LogP contribution < -0.4 is 16.0 Å². The molecule has 1 aliphatic carbocycles. The number of hydrogen-bond acceptors (Lipinski definition) is 3. The summed E-state index contributed by atoms with van der Waals surface area (Å²) in [6.45, 7) is 6.31. The zero-order valence-corrected chi connectivity index (χ0v) is 18.4. The lowest BCUT2D eigenvalue weighted by Gasteiger charge is -2.13. The highest BCUT2D eigenvalue weighted by Gasteiger charge is 2.16. The van der Waals surface area contributed by atoms with Gasteiger partial charge in [-0.25, -0.2) is 4.99 Å². The van der Waals surface area contributed by atoms with Crippen LogP contribution in [0.1, 0.15) is 55.7 Å². The summed E-state index contributed by atoms with van der Waals surface area (Å²) < 4.78 is 0. The number of thiophene rings is 1. The molecule has 1 aliphatic rings. The van der Waals surface area contributed by atoms with Gasteiger partial charge in [-0.05, 0) is 38.3 Å². The van der Waals surface area contributed by atoms with Gasteiger partial charge in [-0.2, -0.15) is 0 Å². The van der Waals surface area contributed by atoms with E-state index in [9.17, 15) is 4.79 Å². The molecule has 5 nitrogen and oxygen atoms in total. The van der Waals surface area contributed by atoms with Crippen LogP contribution in [0, 0.1) is 0 Å². The molecule has 0 spiro atoms. The molecule has 1 saturated carbocycles. The van der Waals surface area contributed by atoms with Crippen molar-refractivity contribution in [1.29, 1.82) is 0 Å². The molecule has 0 radical (unpaired) electrons. The van der Waals surface area contributed by atoms with Gasteiger partial charge in [0.15, 0.2) is 5.96 Å². The van der Waals surface area contributed by atoms with E-state index in [4.69, 9.17) is 0 Å². The van der Waals surface area contributed by atoms with Crippen LogP contribution in [0.3, 0.4) is 0 Å². The van der Waals surface area contributed by atoms with E-state index in [1.165, 1.54) is 22.6 Å². The minimum absolute atomic E-state index is 0. The molecule has 25 heavy (non-hydrogen) atoms. The Bertz CT molecular complexity index is 541. The number of nitrogens with one attached hydrogen (secondary N) is 3. The molecule has 0 bridgehead atoms. The van der Waals surface area contributed by atoms with Gasteiger partial charge in [0.25, 0.3) is 0 Å². The third-order valence-electron chi connectivity index (χ3n) is 4.17. The predicted molar refractivity (Wildman–Crippen MR) is 117 cm³/mol. The molecule has 2 rings (SSSR count). The third-order valence-corrected chi connectivity index (χ3v) is 5.38. The van der Waals surface area contributed by atoms with Crippen molar-refractivity contribution in [3.8, 4) is 0 Å². The fraction of sp³-hybridized carbons (Fsp3) is 0.667. The van der Waals surface area contributed by atoms with Crippen LogP contribution in [0.2, 0.25) is 0 Å². The molecular weight excluding hydrogens is 447 g/mol. The number of hydrogen-bond donors (Lipinski definition) is 3. The molecule has 7 heteroatoms. The fourth-order valence-electron chi connectivity index (χ4n) is 2.86. The maximum atomic E-state index is 11.9. The smallest absolute Gasteiger partial charge is 0.221 e. The summed E-state index contributed by atoms with van der Waals surface area (Å²) in [5.41, 5.74) is 0. The summed E-state index contributed by atoms with van der Waals surface area (Å²) in [6, 6.07) is 4.71. The summed E-state index contributed by atoms with van der Waals surface area (Å²) in [5, 5.41) is 9.60. The highest BCUT2D eigenvalue weighted by Crippen LogP contribution is 2.18. The Hall–Kier alpha value is -0.830. The average molecular weight is 478 g/mol. The summed E-state index contributed by atoms with van der Waals surface area (Å²) in [7, 11) is 0. The molecule has 1 fully saturated rings. The van der Waals surface area contributed by atoms with Gasteiger partial charge in [-0.1, -0.05) is 19.8 Å². The molecule has 1 aromatic rings. The van der Waals surface area contributed by atoms with Crippen molar-refractivity contribution in [2.75, 3.05) is 13.1 Å². The second kappa shape index (κ2) is 12.5. The lowest BCUT2D eigenvalue weighted by molar-refractivity contribution is -0.121. The second-order valence-corrected chi connectivity index (χ2v) is 7.40. The number of rotatable bonds is 8. The predicted octanol–water partition coefficient (Wildman–Crippen LogP) is 3.43. The molecule has 0 saturated heterocycles. The molecule has 0 aliphatic heterocycles. The number of carbonyl (C=O) groups is 1. The van der Waals surface area contributed by atoms with E-state index < -0.39 is 0 Å². The number of halogens is 1. The maximum Gasteiger partial charge on any atom is 0.221 e. The Morgan fingerprint density at radius 2 is 1.92 bits per heavy atom. The highest BCUT2D eigenvalue weighted by atomic mass is 127. The van der Waals surface area contributed by atoms with Gasteiger partial charge in [-0.15, -0.1) is 35.3 Å². The van der Waals surface area contributed by atoms with Crippen LogP contribution in [0.4, 0.5) is 0 Å². The van der Waals surface area contributed by atoms with Crippen molar-refractivity contribution in [2.45, 2.75) is 65.0 Å². The zero-order valence-electron chi connectivity index (χ0n) is 15.3. The second-order valence-electron chi connectivity index (χ2n) is 6.14. The minimum atomic E-state index is 0. The summed E-state index contributed by atoms with van der Waals surface area (Å²) in [6.07, 6.45) is 6.29. The Morgan fingerprint density at radius 1 is 1.20 bits per heavy atom. The molecule has 0 atom stereocenters. The Morgan fingerprint density at radius 3 is 2.56 bits per heavy atom. The monoisotopic (exact) mass is 478 g/mol. The highest BCUT2D eigenvalue weighted by molar-refractivity contribution is 14.0. The summed E-state index contributed by atoms with van der Waals surface area (Å²) in [4.78, 5) is 19.2. The molecule has 1 amide bonds. The summed E-state index contributed by atoms with van der Waals surface area (Å²) >= 11 is 1.81. The van der Waals surface area contributed by atoms with Crippen LogP contribution in [-0.4, -0.2) is 31.0 Å². The van der Waals surface area contributed by atoms with Gasteiger partial charge in [0.05, 0.1) is 6.54 Å². The zero-order chi connectivity index (χ0) is 17.2. The minimum Gasteiger partial charge on any atom is -0.357 e. The molecular formula is C18H31IN4OS. The topological polar surface area (TPSA) is 65.5 Å². The van der Waals surface area contributed by atoms with Crippen LogP contribution >= 0.6 is 35.3 Å². The van der Waals surface area contributed by atoms with E-state index in [-0.39, 0.29) is 29.9 Å². The fourth-order valence-corrected chi connectivity index (χ4v) is 3.74. The van der Waals surface area contributed by atoms with Gasteiger partial charge < -0.3 is 16.0 Å². The lowest BCUT2D eigenvalue weighted by Crippen LogP contribution is -2.40. The van der Waals surface area contributed by atoms with Crippen molar-refractivity contribution < 1.29 is 4.79 Å². The number of guanidine groups is 1. The van der Waals surface area contributed by atoms with E-state index in [2.05, 4.69) is 40.0 Å². The summed E-state index contributed by atoms with van der Waals surface area (Å²) in [5.74, 6) is 0.911. The van der Waals surface area contributed by atoms with Crippen molar-refractivity contribution in [2.24, 2.45) is 4.99 Å². The van der Waals surface area contributed by atoms with Crippen LogP contribution in [0.25, 0.3) is 0 Å². The number of aliphatic imine (C=N–C) groups is 1. The lowest BCUT2D eigenvalue weighted by atomic mass is 10.2. The Balaban J connectivity index is 0.00000312. The van der Waals surface area contributed by atoms with Gasteiger partial charge >= 0.3 is 0 Å². The standard InChI is InChI=1S/C18H30N4OS.HI/c1-3-15-9-10-16(24-15)13-21-18(19-4-2)20-12-11-17(23)22-14-7-5-6-8-14;/h9-10,14H,3-8,11-13H2,1-2H3,(H,22,23)(H2,19,20,21);1H. The van der Waals surface area contributed by atoms with E-state index in [0.29, 0.717) is 25.6 Å². The Labute approximate surface area is 172 Å². The van der Waals surface area contributed by atoms with Crippen molar-refractivity contribution in [3.63, 3.8) is 0 Å². The van der Waals surface area contributed by atoms with Crippen molar-refractivity contribution >= 4 is 47.2 Å². The molecule has 0 aromatic carbocycles. The normalized spacial score (nSPS) is 14.9. The molecule has 1 aromatic heterocycles. The van der Waals surface area contributed by atoms with E-state index in [1.807, 2.05) is 18.3 Å². The van der Waals surface area contributed by atoms with E-state index >= 15 is 0 Å². The van der Waals surface area contributed by atoms with Gasteiger partial charge in [0.2, 0.25) is 5.91 Å². The quantitative estimate of drug-likeness (QED) is 0.305. The van der Waals surface area contributed by atoms with E-state index in [1.54, 1.807) is 0 Å². The largest absolute Gasteiger partial charge is 0.357 e. The number of nitrogens with zero attached hydrogens (tertiary/aromatic N) is 1. The molecule has 3 N–H and O–H groups in total. The van der Waals surface area contributed by atoms with Crippen molar-refractivity contribution in [1.82, 2.24) is 16.0 Å². The third kappa shape index (κ3) is 8.40. The van der Waals surface area contributed by atoms with Crippen LogP contribution in [-0.2, 0) is 17.8 Å². The first-order valence-electron chi connectivity index (χ1n) is 9.10. The number of carbonyl (C=O) groups excluding carboxylic acids is 1. The van der Waals surface area contributed by atoms with Gasteiger partial charge in [0.1, 0.15) is 0 Å². The molecule has 1 heterocycles. The molecule has 0 unspecified atom stereocenters.